The van der Waals surface area contributed by atoms with Gasteiger partial charge in [0.25, 0.3) is 0 Å². The number of rotatable bonds is 1. The Kier molecular flexibility index (Phi) is 1.77. The van der Waals surface area contributed by atoms with Gasteiger partial charge in [-0.1, -0.05) is 0 Å². The van der Waals surface area contributed by atoms with Gasteiger partial charge in [0.15, 0.2) is 0 Å². The van der Waals surface area contributed by atoms with E-state index in [4.69, 9.17) is 10.5 Å². The third-order valence-corrected chi connectivity index (χ3v) is 2.45. The SMILES string of the molecule is CO[C@H]1CCc2n[nH]c(N)c2C1. The van der Waals surface area contributed by atoms with Gasteiger partial charge in [0.1, 0.15) is 5.82 Å². The van der Waals surface area contributed by atoms with Crippen LogP contribution in [-0.2, 0) is 17.6 Å². The molecule has 4 nitrogen and oxygen atoms in total. The van der Waals surface area contributed by atoms with Crippen LogP contribution in [0.15, 0.2) is 0 Å². The number of aromatic amines is 1. The minimum atomic E-state index is 0.317. The molecule has 0 fully saturated rings. The van der Waals surface area contributed by atoms with E-state index in [9.17, 15) is 0 Å². The molecule has 12 heavy (non-hydrogen) atoms. The van der Waals surface area contributed by atoms with E-state index >= 15 is 0 Å². The van der Waals surface area contributed by atoms with Gasteiger partial charge < -0.3 is 10.5 Å². The highest BCUT2D eigenvalue weighted by atomic mass is 16.5. The average molecular weight is 167 g/mol. The number of anilines is 1. The number of ether oxygens (including phenoxy) is 1. The molecule has 1 aromatic rings. The first kappa shape index (κ1) is 7.61. The number of hydrogen-bond donors (Lipinski definition) is 2. The van der Waals surface area contributed by atoms with Crippen molar-refractivity contribution >= 4 is 5.82 Å². The maximum absolute atomic E-state index is 5.70. The number of H-pyrrole nitrogens is 1. The van der Waals surface area contributed by atoms with Crippen LogP contribution in [0, 0.1) is 0 Å². The van der Waals surface area contributed by atoms with Crippen LogP contribution in [0.3, 0.4) is 0 Å². The molecule has 1 aromatic heterocycles. The second kappa shape index (κ2) is 2.79. The summed E-state index contributed by atoms with van der Waals surface area (Å²) in [7, 11) is 1.74. The van der Waals surface area contributed by atoms with Crippen LogP contribution >= 0.6 is 0 Å². The molecule has 0 aliphatic heterocycles. The van der Waals surface area contributed by atoms with E-state index < -0.39 is 0 Å². The Balaban J connectivity index is 2.26. The fourth-order valence-electron chi connectivity index (χ4n) is 1.68. The van der Waals surface area contributed by atoms with Gasteiger partial charge >= 0.3 is 0 Å². The van der Waals surface area contributed by atoms with Crippen LogP contribution in [0.4, 0.5) is 5.82 Å². The number of aromatic nitrogens is 2. The van der Waals surface area contributed by atoms with Crippen molar-refractivity contribution in [1.29, 1.82) is 0 Å². The third-order valence-electron chi connectivity index (χ3n) is 2.45. The Labute approximate surface area is 71.1 Å². The van der Waals surface area contributed by atoms with Crippen LogP contribution in [0.25, 0.3) is 0 Å². The van der Waals surface area contributed by atoms with Gasteiger partial charge in [0.05, 0.1) is 11.8 Å². The van der Waals surface area contributed by atoms with Gasteiger partial charge in [-0.15, -0.1) is 0 Å². The van der Waals surface area contributed by atoms with Gasteiger partial charge in [-0.2, -0.15) is 5.10 Å². The summed E-state index contributed by atoms with van der Waals surface area (Å²) < 4.78 is 5.28. The summed E-state index contributed by atoms with van der Waals surface area (Å²) in [4.78, 5) is 0. The zero-order valence-corrected chi connectivity index (χ0v) is 7.13. The lowest BCUT2D eigenvalue weighted by Gasteiger charge is -2.19. The molecule has 3 N–H and O–H groups in total. The molecule has 0 spiro atoms. The van der Waals surface area contributed by atoms with Crippen molar-refractivity contribution in [3.8, 4) is 0 Å². The number of fused-ring (bicyclic) bond motifs is 1. The van der Waals surface area contributed by atoms with Crippen molar-refractivity contribution < 1.29 is 4.74 Å². The van der Waals surface area contributed by atoms with Crippen LogP contribution in [-0.4, -0.2) is 23.4 Å². The molecule has 1 atom stereocenters. The molecule has 0 bridgehead atoms. The molecule has 1 heterocycles. The summed E-state index contributed by atoms with van der Waals surface area (Å²) in [6.45, 7) is 0. The maximum Gasteiger partial charge on any atom is 0.122 e. The van der Waals surface area contributed by atoms with Crippen molar-refractivity contribution in [3.63, 3.8) is 0 Å². The third kappa shape index (κ3) is 1.08. The summed E-state index contributed by atoms with van der Waals surface area (Å²) in [5, 5.41) is 6.92. The Hall–Kier alpha value is -1.03. The second-order valence-electron chi connectivity index (χ2n) is 3.16. The monoisotopic (exact) mass is 167 g/mol. The number of nitrogens with two attached hydrogens (primary N) is 1. The van der Waals surface area contributed by atoms with Gasteiger partial charge in [-0.25, -0.2) is 0 Å². The molecule has 1 aliphatic carbocycles. The van der Waals surface area contributed by atoms with Crippen molar-refractivity contribution in [2.45, 2.75) is 25.4 Å². The first-order chi connectivity index (χ1) is 5.81. The normalized spacial score (nSPS) is 22.2. The number of nitrogen functional groups attached to an aromatic ring is 1. The van der Waals surface area contributed by atoms with Crippen LogP contribution < -0.4 is 5.73 Å². The zero-order valence-electron chi connectivity index (χ0n) is 7.13. The Morgan fingerprint density at radius 1 is 1.67 bits per heavy atom. The zero-order chi connectivity index (χ0) is 8.55. The highest BCUT2D eigenvalue weighted by Gasteiger charge is 2.22. The van der Waals surface area contributed by atoms with Crippen LogP contribution in [0.1, 0.15) is 17.7 Å². The molecule has 4 heteroatoms. The molecule has 0 amide bonds. The minimum absolute atomic E-state index is 0.317. The minimum Gasteiger partial charge on any atom is -0.384 e. The predicted octanol–water partition coefficient (Wildman–Crippen LogP) is 0.496. The Bertz CT molecular complexity index is 282. The number of aryl methyl sites for hydroxylation is 1. The van der Waals surface area contributed by atoms with Crippen molar-refractivity contribution in [1.82, 2.24) is 10.2 Å². The highest BCUT2D eigenvalue weighted by molar-refractivity contribution is 5.43. The number of nitrogens with zero attached hydrogens (tertiary/aromatic N) is 1. The van der Waals surface area contributed by atoms with Crippen LogP contribution in [0.2, 0.25) is 0 Å². The number of methoxy groups -OCH3 is 1. The lowest BCUT2D eigenvalue weighted by atomic mass is 9.95. The van der Waals surface area contributed by atoms with E-state index in [0.29, 0.717) is 11.9 Å². The lowest BCUT2D eigenvalue weighted by molar-refractivity contribution is 0.0910. The van der Waals surface area contributed by atoms with E-state index in [0.717, 1.165) is 30.5 Å². The predicted molar refractivity (Wildman–Crippen MR) is 45.8 cm³/mol. The Morgan fingerprint density at radius 2 is 2.50 bits per heavy atom. The van der Waals surface area contributed by atoms with Gasteiger partial charge in [-0.05, 0) is 12.8 Å². The molecule has 0 saturated carbocycles. The average Bonchev–Trinajstić information content (AvgIpc) is 2.47. The van der Waals surface area contributed by atoms with E-state index in [-0.39, 0.29) is 0 Å². The summed E-state index contributed by atoms with van der Waals surface area (Å²) >= 11 is 0. The first-order valence-electron chi connectivity index (χ1n) is 4.15. The molecule has 0 radical (unpaired) electrons. The molecular weight excluding hydrogens is 154 g/mol. The van der Waals surface area contributed by atoms with E-state index in [1.54, 1.807) is 7.11 Å². The first-order valence-corrected chi connectivity index (χ1v) is 4.15. The van der Waals surface area contributed by atoms with Crippen molar-refractivity contribution in [3.05, 3.63) is 11.3 Å². The fraction of sp³-hybridized carbons (Fsp3) is 0.625. The second-order valence-corrected chi connectivity index (χ2v) is 3.16. The molecule has 0 aromatic carbocycles. The highest BCUT2D eigenvalue weighted by Crippen LogP contribution is 2.24. The Morgan fingerprint density at radius 3 is 3.25 bits per heavy atom. The molecular formula is C8H13N3O. The molecule has 0 unspecified atom stereocenters. The quantitative estimate of drug-likeness (QED) is 0.640. The van der Waals surface area contributed by atoms with Gasteiger partial charge in [0.2, 0.25) is 0 Å². The van der Waals surface area contributed by atoms with E-state index in [1.807, 2.05) is 0 Å². The van der Waals surface area contributed by atoms with Gasteiger partial charge in [-0.3, -0.25) is 5.10 Å². The summed E-state index contributed by atoms with van der Waals surface area (Å²) in [6.07, 6.45) is 3.24. The summed E-state index contributed by atoms with van der Waals surface area (Å²) in [6, 6.07) is 0. The molecule has 1 aliphatic rings. The topological polar surface area (TPSA) is 63.9 Å². The van der Waals surface area contributed by atoms with Crippen molar-refractivity contribution in [2.24, 2.45) is 0 Å². The smallest absolute Gasteiger partial charge is 0.122 e. The van der Waals surface area contributed by atoms with E-state index in [1.165, 1.54) is 0 Å². The number of hydrogen-bond acceptors (Lipinski definition) is 3. The maximum atomic E-state index is 5.70. The molecule has 66 valence electrons. The summed E-state index contributed by atoms with van der Waals surface area (Å²) in [5.41, 5.74) is 7.96. The lowest BCUT2D eigenvalue weighted by Crippen LogP contribution is -2.21. The van der Waals surface area contributed by atoms with Crippen LogP contribution in [0.5, 0.6) is 0 Å². The van der Waals surface area contributed by atoms with Gasteiger partial charge in [0, 0.05) is 19.1 Å². The molecule has 2 rings (SSSR count). The standard InChI is InChI=1S/C8H13N3O/c1-12-5-2-3-7-6(4-5)8(9)11-10-7/h5H,2-4H2,1H3,(H3,9,10,11)/t5-/m0/s1. The summed E-state index contributed by atoms with van der Waals surface area (Å²) in [5.74, 6) is 0.701. The number of nitrogens with one attached hydrogen (secondary N) is 1. The largest absolute Gasteiger partial charge is 0.384 e. The van der Waals surface area contributed by atoms with E-state index in [2.05, 4.69) is 10.2 Å². The van der Waals surface area contributed by atoms with Crippen molar-refractivity contribution in [2.75, 3.05) is 12.8 Å². The molecule has 0 saturated heterocycles. The fourth-order valence-corrected chi connectivity index (χ4v) is 1.68.